The molecule has 1 aliphatic heterocycles. The van der Waals surface area contributed by atoms with Gasteiger partial charge in [-0.25, -0.2) is 4.79 Å². The summed E-state index contributed by atoms with van der Waals surface area (Å²) in [5.41, 5.74) is 0.708. The molecule has 0 amide bonds. The molecular weight excluding hydrogens is 275 g/mol. The van der Waals surface area contributed by atoms with Crippen molar-refractivity contribution in [1.82, 2.24) is 0 Å². The molecule has 1 aliphatic rings. The predicted octanol–water partition coefficient (Wildman–Crippen LogP) is 1.17. The normalized spacial score (nSPS) is 17.0. The number of hydrogen-bond donors (Lipinski definition) is 2. The van der Waals surface area contributed by atoms with E-state index in [2.05, 4.69) is 0 Å². The van der Waals surface area contributed by atoms with Crippen LogP contribution in [0.5, 0.6) is 5.75 Å². The lowest BCUT2D eigenvalue weighted by Gasteiger charge is -2.27. The lowest BCUT2D eigenvalue weighted by atomic mass is 9.64. The zero-order chi connectivity index (χ0) is 15.4. The van der Waals surface area contributed by atoms with E-state index in [0.29, 0.717) is 18.6 Å². The van der Waals surface area contributed by atoms with Gasteiger partial charge in [-0.15, -0.1) is 0 Å². The number of carbonyl (C=O) groups excluding carboxylic acids is 1. The van der Waals surface area contributed by atoms with Gasteiger partial charge in [0.15, 0.2) is 5.78 Å². The average Bonchev–Trinajstić information content (AvgIpc) is 2.45. The third kappa shape index (κ3) is 3.62. The van der Waals surface area contributed by atoms with Crippen LogP contribution in [0.15, 0.2) is 18.2 Å². The van der Waals surface area contributed by atoms with E-state index in [1.807, 2.05) is 0 Å². The highest BCUT2D eigenvalue weighted by Crippen LogP contribution is 2.36. The molecule has 0 bridgehead atoms. The molecule has 0 radical (unpaired) electrons. The minimum Gasteiger partial charge on any atom is -0.535 e. The molecule has 2 rings (SSSR count). The van der Waals surface area contributed by atoms with Gasteiger partial charge in [0.2, 0.25) is 0 Å². The van der Waals surface area contributed by atoms with Crippen molar-refractivity contribution in [3.63, 3.8) is 0 Å². The zero-order valence-electron chi connectivity index (χ0n) is 11.7. The second kappa shape index (κ2) is 6.73. The summed E-state index contributed by atoms with van der Waals surface area (Å²) < 4.78 is 10.4. The number of fused-ring (bicyclic) bond motifs is 1. The quantitative estimate of drug-likeness (QED) is 0.764. The van der Waals surface area contributed by atoms with Gasteiger partial charge in [0.05, 0.1) is 5.56 Å². The number of carboxylic acid groups (broad SMARTS) is 1. The summed E-state index contributed by atoms with van der Waals surface area (Å²) in [6.45, 7) is 2.28. The standard InChI is InChI=1S/C14H17BO6/c1-2-20-8-11(16)7-10-6-9-4-3-5-12(14(17)18)13(9)21-15(10)19/h3-5,10,19H,2,6-8H2,1H3,(H,17,18)/t10-/m1/s1. The molecule has 1 aromatic rings. The number of aromatic carboxylic acids is 1. The highest BCUT2D eigenvalue weighted by atomic mass is 16.5. The fourth-order valence-electron chi connectivity index (χ4n) is 2.39. The number of ketones is 1. The largest absolute Gasteiger partial charge is 0.535 e. The first-order valence-corrected chi connectivity index (χ1v) is 6.82. The molecule has 1 heterocycles. The molecule has 0 spiro atoms. The van der Waals surface area contributed by atoms with Gasteiger partial charge in [-0.3, -0.25) is 4.79 Å². The van der Waals surface area contributed by atoms with Crippen molar-refractivity contribution < 1.29 is 29.1 Å². The fraction of sp³-hybridized carbons (Fsp3) is 0.429. The van der Waals surface area contributed by atoms with E-state index < -0.39 is 18.9 Å². The smallest absolute Gasteiger partial charge is 0.526 e. The SMILES string of the molecule is CCOCC(=O)C[C@H]1Cc2cccc(C(=O)O)c2OB1O. The van der Waals surface area contributed by atoms with E-state index in [4.69, 9.17) is 14.5 Å². The summed E-state index contributed by atoms with van der Waals surface area (Å²) in [4.78, 5) is 22.8. The van der Waals surface area contributed by atoms with Gasteiger partial charge in [-0.1, -0.05) is 12.1 Å². The lowest BCUT2D eigenvalue weighted by molar-refractivity contribution is -0.123. The zero-order valence-corrected chi connectivity index (χ0v) is 11.7. The number of carboxylic acids is 1. The number of benzene rings is 1. The average molecular weight is 292 g/mol. The number of Topliss-reactive ketones (excluding diaryl/α,β-unsaturated/α-hetero) is 1. The Labute approximate surface area is 122 Å². The third-order valence-electron chi connectivity index (χ3n) is 3.41. The van der Waals surface area contributed by atoms with Crippen LogP contribution < -0.4 is 4.65 Å². The monoisotopic (exact) mass is 292 g/mol. The molecule has 21 heavy (non-hydrogen) atoms. The van der Waals surface area contributed by atoms with Gasteiger partial charge >= 0.3 is 13.1 Å². The number of ether oxygens (including phenoxy) is 1. The second-order valence-corrected chi connectivity index (χ2v) is 4.95. The minimum absolute atomic E-state index is 0.0156. The lowest BCUT2D eigenvalue weighted by Crippen LogP contribution is -2.36. The van der Waals surface area contributed by atoms with Crippen molar-refractivity contribution in [3.8, 4) is 5.75 Å². The van der Waals surface area contributed by atoms with Crippen LogP contribution in [0.25, 0.3) is 0 Å². The fourth-order valence-corrected chi connectivity index (χ4v) is 2.39. The van der Waals surface area contributed by atoms with Crippen LogP contribution in [-0.4, -0.2) is 42.2 Å². The molecule has 0 aromatic heterocycles. The second-order valence-electron chi connectivity index (χ2n) is 4.95. The molecule has 0 unspecified atom stereocenters. The molecule has 0 aliphatic carbocycles. The molecular formula is C14H17BO6. The van der Waals surface area contributed by atoms with Gasteiger partial charge in [0.1, 0.15) is 12.4 Å². The van der Waals surface area contributed by atoms with E-state index >= 15 is 0 Å². The first kappa shape index (κ1) is 15.5. The molecule has 1 aromatic carbocycles. The number of hydrogen-bond acceptors (Lipinski definition) is 5. The minimum atomic E-state index is -1.19. The van der Waals surface area contributed by atoms with Crippen molar-refractivity contribution in [2.45, 2.75) is 25.6 Å². The summed E-state index contributed by atoms with van der Waals surface area (Å²) in [5.74, 6) is -1.42. The number of rotatable bonds is 6. The third-order valence-corrected chi connectivity index (χ3v) is 3.41. The van der Waals surface area contributed by atoms with E-state index in [1.165, 1.54) is 6.07 Å². The van der Waals surface area contributed by atoms with Crippen molar-refractivity contribution >= 4 is 18.9 Å². The van der Waals surface area contributed by atoms with Crippen LogP contribution >= 0.6 is 0 Å². The Bertz CT molecular complexity index is 544. The Morgan fingerprint density at radius 1 is 1.48 bits per heavy atom. The Kier molecular flexibility index (Phi) is 4.98. The Morgan fingerprint density at radius 3 is 2.90 bits per heavy atom. The first-order valence-electron chi connectivity index (χ1n) is 6.82. The van der Waals surface area contributed by atoms with Crippen LogP contribution in [0, 0.1) is 0 Å². The molecule has 0 fully saturated rings. The van der Waals surface area contributed by atoms with Gasteiger partial charge < -0.3 is 19.5 Å². The number of carbonyl (C=O) groups is 2. The van der Waals surface area contributed by atoms with E-state index in [9.17, 15) is 14.6 Å². The maximum atomic E-state index is 11.7. The summed E-state index contributed by atoms with van der Waals surface area (Å²) in [5, 5.41) is 19.1. The Morgan fingerprint density at radius 2 is 2.24 bits per heavy atom. The summed E-state index contributed by atoms with van der Waals surface area (Å²) >= 11 is 0. The van der Waals surface area contributed by atoms with E-state index in [0.717, 1.165) is 0 Å². The Balaban J connectivity index is 2.12. The topological polar surface area (TPSA) is 93.1 Å². The van der Waals surface area contributed by atoms with E-state index in [-0.39, 0.29) is 30.1 Å². The highest BCUT2D eigenvalue weighted by molar-refractivity contribution is 6.47. The van der Waals surface area contributed by atoms with E-state index in [1.54, 1.807) is 19.1 Å². The molecule has 1 atom stereocenters. The summed E-state index contributed by atoms with van der Waals surface area (Å²) in [7, 11) is -1.19. The molecule has 2 N–H and O–H groups in total. The van der Waals surface area contributed by atoms with Gasteiger partial charge in [0, 0.05) is 18.8 Å². The molecule has 112 valence electrons. The molecule has 6 nitrogen and oxygen atoms in total. The first-order chi connectivity index (χ1) is 10.0. The molecule has 7 heteroatoms. The van der Waals surface area contributed by atoms with Crippen LogP contribution in [0.1, 0.15) is 29.3 Å². The highest BCUT2D eigenvalue weighted by Gasteiger charge is 2.37. The number of para-hydroxylation sites is 1. The van der Waals surface area contributed by atoms with Crippen molar-refractivity contribution in [3.05, 3.63) is 29.3 Å². The predicted molar refractivity (Wildman–Crippen MR) is 75.6 cm³/mol. The van der Waals surface area contributed by atoms with Gasteiger partial charge in [-0.2, -0.15) is 0 Å². The maximum absolute atomic E-state index is 11.7. The maximum Gasteiger partial charge on any atom is 0.526 e. The molecule has 0 saturated carbocycles. The van der Waals surface area contributed by atoms with Crippen LogP contribution in [0.3, 0.4) is 0 Å². The van der Waals surface area contributed by atoms with Crippen molar-refractivity contribution in [2.24, 2.45) is 0 Å². The van der Waals surface area contributed by atoms with Gasteiger partial charge in [-0.05, 0) is 25.0 Å². The van der Waals surface area contributed by atoms with Crippen molar-refractivity contribution in [2.75, 3.05) is 13.2 Å². The summed E-state index contributed by atoms with van der Waals surface area (Å²) in [6.07, 6.45) is 0.535. The van der Waals surface area contributed by atoms with Crippen LogP contribution in [-0.2, 0) is 16.0 Å². The van der Waals surface area contributed by atoms with Crippen molar-refractivity contribution in [1.29, 1.82) is 0 Å². The van der Waals surface area contributed by atoms with Crippen LogP contribution in [0.2, 0.25) is 5.82 Å². The Hall–Kier alpha value is -1.86. The van der Waals surface area contributed by atoms with Crippen LogP contribution in [0.4, 0.5) is 0 Å². The molecule has 0 saturated heterocycles. The summed E-state index contributed by atoms with van der Waals surface area (Å²) in [6, 6.07) is 4.80. The van der Waals surface area contributed by atoms with Gasteiger partial charge in [0.25, 0.3) is 0 Å².